The van der Waals surface area contributed by atoms with Gasteiger partial charge in [-0.2, -0.15) is 0 Å². The lowest BCUT2D eigenvalue weighted by atomic mass is 9.44. The van der Waals surface area contributed by atoms with Gasteiger partial charge in [-0.25, -0.2) is 14.4 Å². The number of aliphatic hydroxyl groups excluding tert-OH is 3. The van der Waals surface area contributed by atoms with Crippen LogP contribution in [0.4, 0.5) is 4.79 Å². The molecule has 14 nitrogen and oxygen atoms in total. The SMILES string of the molecule is CC1=C2[C@@H](O)C(=O)[C@@]3(C)[C@H]([C@H](OC(=O)c4ccccc4)[C@](O)(CC1OC(=O)[C@H](O)[C@@H](NC(=O)OCc1ccccc1)C1CC1)C2(C)C)[C@]1(O)CO[C@@H]1C[C@@H]3O. The van der Waals surface area contributed by atoms with Crippen LogP contribution in [0.1, 0.15) is 69.3 Å². The molecule has 11 atom stereocenters. The number of amides is 1. The number of ether oxygens (including phenoxy) is 4. The van der Waals surface area contributed by atoms with Gasteiger partial charge in [0.25, 0.3) is 0 Å². The summed E-state index contributed by atoms with van der Waals surface area (Å²) in [7, 11) is 0. The maximum Gasteiger partial charge on any atom is 0.407 e. The second kappa shape index (κ2) is 14.1. The number of Topliss-reactive ketones (excluding diaryl/α,β-unsaturated/α-hetero) is 1. The Morgan fingerprint density at radius 2 is 1.60 bits per heavy atom. The second-order valence-electron chi connectivity index (χ2n) is 16.6. The zero-order valence-electron chi connectivity index (χ0n) is 31.2. The van der Waals surface area contributed by atoms with Crippen LogP contribution in [0.3, 0.4) is 0 Å². The number of aliphatic hydroxyl groups is 5. The molecule has 6 N–H and O–H groups in total. The number of hydrogen-bond acceptors (Lipinski definition) is 13. The van der Waals surface area contributed by atoms with E-state index in [1.165, 1.54) is 26.0 Å². The van der Waals surface area contributed by atoms with E-state index < -0.39 is 101 Å². The molecule has 1 unspecified atom stereocenters. The summed E-state index contributed by atoms with van der Waals surface area (Å²) in [5.74, 6) is -4.67. The lowest BCUT2D eigenvalue weighted by Gasteiger charge is -2.66. The highest BCUT2D eigenvalue weighted by atomic mass is 16.6. The summed E-state index contributed by atoms with van der Waals surface area (Å²) < 4.78 is 23.1. The Morgan fingerprint density at radius 1 is 0.964 bits per heavy atom. The van der Waals surface area contributed by atoms with E-state index >= 15 is 0 Å². The van der Waals surface area contributed by atoms with Crippen LogP contribution < -0.4 is 5.32 Å². The molecule has 296 valence electrons. The summed E-state index contributed by atoms with van der Waals surface area (Å²) in [5.41, 5.74) is -6.66. The minimum atomic E-state index is -2.28. The molecule has 1 heterocycles. The zero-order chi connectivity index (χ0) is 39.7. The maximum absolute atomic E-state index is 14.7. The predicted octanol–water partition coefficient (Wildman–Crippen LogP) is 2.13. The van der Waals surface area contributed by atoms with E-state index in [0.29, 0.717) is 12.8 Å². The maximum atomic E-state index is 14.7. The van der Waals surface area contributed by atoms with Gasteiger partial charge in [0.1, 0.15) is 36.1 Å². The van der Waals surface area contributed by atoms with Crippen LogP contribution in [-0.4, -0.2) is 110 Å². The van der Waals surface area contributed by atoms with E-state index in [-0.39, 0.29) is 42.3 Å². The summed E-state index contributed by atoms with van der Waals surface area (Å²) in [6.07, 6.45) is -9.64. The zero-order valence-corrected chi connectivity index (χ0v) is 31.2. The number of fused-ring (bicyclic) bond motifs is 5. The van der Waals surface area contributed by atoms with Crippen molar-refractivity contribution >= 4 is 23.8 Å². The van der Waals surface area contributed by atoms with Crippen LogP contribution in [0.15, 0.2) is 71.8 Å². The van der Waals surface area contributed by atoms with Gasteiger partial charge >= 0.3 is 18.0 Å². The summed E-state index contributed by atoms with van der Waals surface area (Å²) in [5, 5.41) is 63.0. The van der Waals surface area contributed by atoms with E-state index in [0.717, 1.165) is 5.56 Å². The van der Waals surface area contributed by atoms with Crippen molar-refractivity contribution in [2.75, 3.05) is 6.61 Å². The average Bonchev–Trinajstić information content (AvgIpc) is 4.01. The molecule has 1 amide bonds. The first-order chi connectivity index (χ1) is 25.9. The fraction of sp³-hybridized carbons (Fsp3) is 0.561. The third-order valence-electron chi connectivity index (χ3n) is 13.1. The Bertz CT molecular complexity index is 1860. The Balaban J connectivity index is 1.24. The molecule has 1 saturated heterocycles. The lowest BCUT2D eigenvalue weighted by molar-refractivity contribution is -0.343. The molecule has 4 aliphatic carbocycles. The Kier molecular flexibility index (Phi) is 10.0. The normalized spacial score (nSPS) is 36.1. The van der Waals surface area contributed by atoms with Gasteiger partial charge < -0.3 is 49.8 Å². The first-order valence-corrected chi connectivity index (χ1v) is 18.7. The number of hydrogen-bond donors (Lipinski definition) is 6. The highest BCUT2D eigenvalue weighted by molar-refractivity contribution is 5.94. The van der Waals surface area contributed by atoms with Gasteiger partial charge in [-0.05, 0) is 61.4 Å². The quantitative estimate of drug-likeness (QED) is 0.123. The predicted molar refractivity (Wildman–Crippen MR) is 192 cm³/mol. The summed E-state index contributed by atoms with van der Waals surface area (Å²) >= 11 is 0. The van der Waals surface area contributed by atoms with Gasteiger partial charge in [-0.15, -0.1) is 0 Å². The van der Waals surface area contributed by atoms with Gasteiger partial charge in [0, 0.05) is 24.2 Å². The number of esters is 2. The van der Waals surface area contributed by atoms with Gasteiger partial charge in [-0.3, -0.25) is 4.79 Å². The molecular formula is C41H49NO13. The number of rotatable bonds is 9. The van der Waals surface area contributed by atoms with Gasteiger partial charge in [-0.1, -0.05) is 62.4 Å². The molecule has 7 rings (SSSR count). The van der Waals surface area contributed by atoms with E-state index in [1.54, 1.807) is 56.3 Å². The van der Waals surface area contributed by atoms with Crippen molar-refractivity contribution in [3.05, 3.63) is 82.9 Å². The Hall–Kier alpha value is -4.18. The number of ketones is 1. The molecule has 2 aromatic rings. The smallest absolute Gasteiger partial charge is 0.407 e. The van der Waals surface area contributed by atoms with Gasteiger partial charge in [0.15, 0.2) is 11.9 Å². The number of carbonyl (C=O) groups is 4. The minimum Gasteiger partial charge on any atom is -0.456 e. The molecule has 4 fully saturated rings. The van der Waals surface area contributed by atoms with E-state index in [4.69, 9.17) is 18.9 Å². The Morgan fingerprint density at radius 3 is 2.20 bits per heavy atom. The van der Waals surface area contributed by atoms with Crippen molar-refractivity contribution in [2.45, 2.75) is 114 Å². The fourth-order valence-electron chi connectivity index (χ4n) is 9.54. The largest absolute Gasteiger partial charge is 0.456 e. The van der Waals surface area contributed by atoms with Crippen LogP contribution in [0, 0.1) is 22.7 Å². The highest BCUT2D eigenvalue weighted by Crippen LogP contribution is 2.63. The van der Waals surface area contributed by atoms with Crippen molar-refractivity contribution < 1.29 is 63.7 Å². The van der Waals surface area contributed by atoms with Crippen molar-refractivity contribution in [3.63, 3.8) is 0 Å². The van der Waals surface area contributed by atoms with Crippen LogP contribution in [-0.2, 0) is 35.1 Å². The standard InChI is InChI=1S/C41H49NO13/c1-21-25(54-36(48)31(45)29(23-15-16-23)42-37(49)52-19-22-11-7-5-8-12-22)18-41(51)34(55-35(47)24-13-9-6-10-14-24)32-39(4,26(43)17-27-40(32,50)20-53-27)33(46)30(44)28(21)38(41,2)3/h5-14,23,25-27,29-32,34,43-45,50-51H,15-20H2,1-4H3,(H,42,49)/t25?,26-,27+,29-,30+,31+,32-,34-,39+,40-,41+/m0/s1. The van der Waals surface area contributed by atoms with Crippen LogP contribution in [0.5, 0.6) is 0 Å². The van der Waals surface area contributed by atoms with Crippen molar-refractivity contribution in [2.24, 2.45) is 22.7 Å². The molecule has 0 aromatic heterocycles. The van der Waals surface area contributed by atoms with Gasteiger partial charge in [0.2, 0.25) is 0 Å². The number of carbonyl (C=O) groups excluding carboxylic acids is 4. The van der Waals surface area contributed by atoms with Crippen molar-refractivity contribution in [1.82, 2.24) is 5.32 Å². The molecule has 3 saturated carbocycles. The van der Waals surface area contributed by atoms with Crippen molar-refractivity contribution in [3.8, 4) is 0 Å². The first-order valence-electron chi connectivity index (χ1n) is 18.7. The number of alkyl carbamates (subject to hydrolysis) is 1. The molecule has 14 heteroatoms. The van der Waals surface area contributed by atoms with Crippen molar-refractivity contribution in [1.29, 1.82) is 0 Å². The van der Waals surface area contributed by atoms with Crippen LogP contribution >= 0.6 is 0 Å². The summed E-state index contributed by atoms with van der Waals surface area (Å²) in [6.45, 7) is 5.70. The molecule has 55 heavy (non-hydrogen) atoms. The molecule has 2 aromatic carbocycles. The molecule has 5 aliphatic rings. The van der Waals surface area contributed by atoms with E-state index in [9.17, 15) is 44.7 Å². The topological polar surface area (TPSA) is 218 Å². The molecule has 1 aliphatic heterocycles. The monoisotopic (exact) mass is 763 g/mol. The lowest BCUT2D eigenvalue weighted by Crippen LogP contribution is -2.81. The summed E-state index contributed by atoms with van der Waals surface area (Å²) in [6, 6.07) is 15.8. The first kappa shape index (κ1) is 39.1. The van der Waals surface area contributed by atoms with E-state index in [2.05, 4.69) is 5.32 Å². The number of nitrogens with one attached hydrogen (secondary N) is 1. The molecular weight excluding hydrogens is 714 g/mol. The summed E-state index contributed by atoms with van der Waals surface area (Å²) in [4.78, 5) is 55.2. The molecule has 0 radical (unpaired) electrons. The molecule has 0 spiro atoms. The number of benzene rings is 2. The minimum absolute atomic E-state index is 0.0218. The van der Waals surface area contributed by atoms with E-state index in [1.807, 2.05) is 6.07 Å². The average molecular weight is 764 g/mol. The van der Waals surface area contributed by atoms with Crippen LogP contribution in [0.2, 0.25) is 0 Å². The van der Waals surface area contributed by atoms with Gasteiger partial charge in [0.05, 0.1) is 35.8 Å². The second-order valence-corrected chi connectivity index (χ2v) is 16.6. The third kappa shape index (κ3) is 6.36. The van der Waals surface area contributed by atoms with Crippen LogP contribution in [0.25, 0.3) is 0 Å². The molecule has 2 bridgehead atoms. The third-order valence-corrected chi connectivity index (χ3v) is 13.1. The Labute approximate surface area is 318 Å². The fourth-order valence-corrected chi connectivity index (χ4v) is 9.54. The highest BCUT2D eigenvalue weighted by Gasteiger charge is 2.76.